The summed E-state index contributed by atoms with van der Waals surface area (Å²) >= 11 is 0. The van der Waals surface area contributed by atoms with E-state index in [0.29, 0.717) is 13.2 Å². The van der Waals surface area contributed by atoms with Crippen LogP contribution in [-0.2, 0) is 16.5 Å². The average molecular weight is 255 g/mol. The Labute approximate surface area is 109 Å². The molecule has 0 aliphatic heterocycles. The van der Waals surface area contributed by atoms with Gasteiger partial charge in [0.25, 0.3) is 0 Å². The van der Waals surface area contributed by atoms with Crippen molar-refractivity contribution in [2.24, 2.45) is 12.8 Å². The Bertz CT molecular complexity index is 341. The fourth-order valence-electron chi connectivity index (χ4n) is 1.80. The fourth-order valence-corrected chi connectivity index (χ4v) is 1.80. The van der Waals surface area contributed by atoms with Gasteiger partial charge in [0.05, 0.1) is 18.9 Å². The Hall–Kier alpha value is -0.910. The molecule has 2 N–H and O–H groups in total. The van der Waals surface area contributed by atoms with E-state index in [1.54, 1.807) is 4.68 Å². The molecule has 3 atom stereocenters. The Morgan fingerprint density at radius 2 is 2.17 bits per heavy atom. The molecule has 5 heteroatoms. The molecule has 5 nitrogen and oxygen atoms in total. The molecule has 0 saturated heterocycles. The lowest BCUT2D eigenvalue weighted by molar-refractivity contribution is -0.0574. The summed E-state index contributed by atoms with van der Waals surface area (Å²) in [5.74, 6) is 0. The molecule has 0 aliphatic rings. The number of rotatable bonds is 8. The third-order valence-corrected chi connectivity index (χ3v) is 2.85. The molecule has 0 fully saturated rings. The third-order valence-electron chi connectivity index (χ3n) is 2.85. The van der Waals surface area contributed by atoms with E-state index in [9.17, 15) is 0 Å². The summed E-state index contributed by atoms with van der Waals surface area (Å²) in [6.45, 7) is 7.32. The monoisotopic (exact) mass is 255 g/mol. The van der Waals surface area contributed by atoms with Crippen LogP contribution in [0.3, 0.4) is 0 Å². The van der Waals surface area contributed by atoms with Gasteiger partial charge in [-0.05, 0) is 20.3 Å². The minimum Gasteiger partial charge on any atom is -0.379 e. The number of hydrogen-bond acceptors (Lipinski definition) is 4. The van der Waals surface area contributed by atoms with Gasteiger partial charge in [-0.25, -0.2) is 0 Å². The number of aromatic nitrogens is 2. The predicted molar refractivity (Wildman–Crippen MR) is 71.3 cm³/mol. The van der Waals surface area contributed by atoms with Crippen molar-refractivity contribution in [3.63, 3.8) is 0 Å². The zero-order valence-corrected chi connectivity index (χ0v) is 11.8. The van der Waals surface area contributed by atoms with E-state index in [2.05, 4.69) is 12.0 Å². The summed E-state index contributed by atoms with van der Waals surface area (Å²) in [6.07, 6.45) is 4.52. The average Bonchev–Trinajstić information content (AvgIpc) is 2.78. The quantitative estimate of drug-likeness (QED) is 0.767. The first-order chi connectivity index (χ1) is 8.58. The zero-order chi connectivity index (χ0) is 13.5. The molecule has 1 aromatic heterocycles. The maximum atomic E-state index is 6.13. The van der Waals surface area contributed by atoms with Crippen LogP contribution < -0.4 is 5.73 Å². The highest BCUT2D eigenvalue weighted by molar-refractivity contribution is 5.10. The van der Waals surface area contributed by atoms with Gasteiger partial charge in [-0.1, -0.05) is 6.92 Å². The predicted octanol–water partition coefficient (Wildman–Crippen LogP) is 1.64. The molecule has 0 saturated carbocycles. The molecule has 104 valence electrons. The molecule has 0 radical (unpaired) electrons. The standard InChI is InChI=1S/C13H25N3O2/c1-5-12(14)13(11-7-15-16(4)8-11)18-10(3)9-17-6-2/h7-8,10,12-13H,5-6,9,14H2,1-4H3. The summed E-state index contributed by atoms with van der Waals surface area (Å²) in [5.41, 5.74) is 7.16. The van der Waals surface area contributed by atoms with Gasteiger partial charge in [0.2, 0.25) is 0 Å². The first-order valence-electron chi connectivity index (χ1n) is 6.55. The third kappa shape index (κ3) is 4.40. The van der Waals surface area contributed by atoms with E-state index in [1.807, 2.05) is 33.3 Å². The number of ether oxygens (including phenoxy) is 2. The van der Waals surface area contributed by atoms with E-state index in [1.165, 1.54) is 0 Å². The minimum absolute atomic E-state index is 0.0211. The molecular formula is C13H25N3O2. The highest BCUT2D eigenvalue weighted by atomic mass is 16.5. The van der Waals surface area contributed by atoms with Gasteiger partial charge in [-0.3, -0.25) is 4.68 Å². The van der Waals surface area contributed by atoms with Gasteiger partial charge in [0.15, 0.2) is 0 Å². The Morgan fingerprint density at radius 1 is 1.44 bits per heavy atom. The van der Waals surface area contributed by atoms with Gasteiger partial charge >= 0.3 is 0 Å². The fraction of sp³-hybridized carbons (Fsp3) is 0.769. The second-order valence-corrected chi connectivity index (χ2v) is 4.55. The maximum absolute atomic E-state index is 6.13. The first kappa shape index (κ1) is 15.1. The van der Waals surface area contributed by atoms with Gasteiger partial charge in [0, 0.05) is 31.5 Å². The van der Waals surface area contributed by atoms with E-state index in [0.717, 1.165) is 12.0 Å². The smallest absolute Gasteiger partial charge is 0.101 e. The van der Waals surface area contributed by atoms with Crippen molar-refractivity contribution in [2.45, 2.75) is 45.4 Å². The van der Waals surface area contributed by atoms with Crippen molar-refractivity contribution in [2.75, 3.05) is 13.2 Å². The highest BCUT2D eigenvalue weighted by Gasteiger charge is 2.23. The molecule has 0 amide bonds. The van der Waals surface area contributed by atoms with Crippen LogP contribution in [0.15, 0.2) is 12.4 Å². The SMILES string of the molecule is CCOCC(C)OC(c1cnn(C)c1)C(N)CC. The van der Waals surface area contributed by atoms with E-state index in [-0.39, 0.29) is 18.2 Å². The summed E-state index contributed by atoms with van der Waals surface area (Å²) in [7, 11) is 1.89. The van der Waals surface area contributed by atoms with Crippen LogP contribution in [0.1, 0.15) is 38.9 Å². The lowest BCUT2D eigenvalue weighted by atomic mass is 10.0. The molecule has 0 spiro atoms. The summed E-state index contributed by atoms with van der Waals surface area (Å²) in [4.78, 5) is 0. The second kappa shape index (κ2) is 7.51. The van der Waals surface area contributed by atoms with Gasteiger partial charge in [0.1, 0.15) is 6.10 Å². The van der Waals surface area contributed by atoms with Crippen LogP contribution in [0.5, 0.6) is 0 Å². The lowest BCUT2D eigenvalue weighted by Gasteiger charge is -2.26. The molecule has 18 heavy (non-hydrogen) atoms. The molecule has 1 aromatic rings. The van der Waals surface area contributed by atoms with Crippen LogP contribution in [-0.4, -0.2) is 35.1 Å². The normalized spacial score (nSPS) is 16.5. The van der Waals surface area contributed by atoms with Crippen LogP contribution in [0.4, 0.5) is 0 Å². The largest absolute Gasteiger partial charge is 0.379 e. The van der Waals surface area contributed by atoms with Crippen molar-refractivity contribution < 1.29 is 9.47 Å². The van der Waals surface area contributed by atoms with Crippen LogP contribution in [0.2, 0.25) is 0 Å². The van der Waals surface area contributed by atoms with Crippen molar-refractivity contribution >= 4 is 0 Å². The van der Waals surface area contributed by atoms with Crippen LogP contribution >= 0.6 is 0 Å². The molecule has 1 rings (SSSR count). The van der Waals surface area contributed by atoms with Gasteiger partial charge in [-0.2, -0.15) is 5.10 Å². The van der Waals surface area contributed by atoms with E-state index < -0.39 is 0 Å². The number of hydrogen-bond donors (Lipinski definition) is 1. The first-order valence-corrected chi connectivity index (χ1v) is 6.55. The lowest BCUT2D eigenvalue weighted by Crippen LogP contribution is -2.32. The van der Waals surface area contributed by atoms with E-state index >= 15 is 0 Å². The topological polar surface area (TPSA) is 62.3 Å². The molecule has 0 aliphatic carbocycles. The maximum Gasteiger partial charge on any atom is 0.101 e. The van der Waals surface area contributed by atoms with Gasteiger partial charge in [-0.15, -0.1) is 0 Å². The number of aryl methyl sites for hydroxylation is 1. The Morgan fingerprint density at radius 3 is 2.67 bits per heavy atom. The van der Waals surface area contributed by atoms with E-state index in [4.69, 9.17) is 15.2 Å². The number of nitrogens with zero attached hydrogens (tertiary/aromatic N) is 2. The zero-order valence-electron chi connectivity index (χ0n) is 11.8. The van der Waals surface area contributed by atoms with Crippen LogP contribution in [0.25, 0.3) is 0 Å². The summed E-state index contributed by atoms with van der Waals surface area (Å²) < 4.78 is 13.1. The second-order valence-electron chi connectivity index (χ2n) is 4.55. The van der Waals surface area contributed by atoms with Crippen molar-refractivity contribution in [1.29, 1.82) is 0 Å². The number of nitrogens with two attached hydrogens (primary N) is 1. The molecular weight excluding hydrogens is 230 g/mol. The minimum atomic E-state index is -0.126. The molecule has 1 heterocycles. The molecule has 0 bridgehead atoms. The van der Waals surface area contributed by atoms with Crippen LogP contribution in [0, 0.1) is 0 Å². The van der Waals surface area contributed by atoms with Crippen molar-refractivity contribution in [3.8, 4) is 0 Å². The molecule has 0 aromatic carbocycles. The molecule has 3 unspecified atom stereocenters. The Kier molecular flexibility index (Phi) is 6.32. The van der Waals surface area contributed by atoms with Crippen molar-refractivity contribution in [3.05, 3.63) is 18.0 Å². The Balaban J connectivity index is 2.67. The van der Waals surface area contributed by atoms with Crippen molar-refractivity contribution in [1.82, 2.24) is 9.78 Å². The summed E-state index contributed by atoms with van der Waals surface area (Å²) in [5, 5.41) is 4.17. The van der Waals surface area contributed by atoms with Gasteiger partial charge < -0.3 is 15.2 Å². The summed E-state index contributed by atoms with van der Waals surface area (Å²) in [6, 6.07) is -0.0294. The highest BCUT2D eigenvalue weighted by Crippen LogP contribution is 2.23.